The van der Waals surface area contributed by atoms with Crippen molar-refractivity contribution in [2.75, 3.05) is 18.4 Å². The quantitative estimate of drug-likeness (QED) is 0.232. The van der Waals surface area contributed by atoms with Crippen molar-refractivity contribution in [3.63, 3.8) is 0 Å². The topological polar surface area (TPSA) is 150 Å². The van der Waals surface area contributed by atoms with E-state index in [1.165, 1.54) is 23.1 Å². The monoisotopic (exact) mass is 697 g/mol. The van der Waals surface area contributed by atoms with Crippen LogP contribution in [0, 0.1) is 13.8 Å². The van der Waals surface area contributed by atoms with Crippen molar-refractivity contribution in [2.45, 2.75) is 70.2 Å². The van der Waals surface area contributed by atoms with Gasteiger partial charge in [-0.15, -0.1) is 10.2 Å². The van der Waals surface area contributed by atoms with Crippen molar-refractivity contribution in [1.29, 1.82) is 0 Å². The second-order valence-corrected chi connectivity index (χ2v) is 14.5. The van der Waals surface area contributed by atoms with E-state index in [0.29, 0.717) is 37.2 Å². The van der Waals surface area contributed by atoms with Crippen LogP contribution < -0.4 is 5.32 Å². The minimum absolute atomic E-state index is 0.0877. The fourth-order valence-corrected chi connectivity index (χ4v) is 7.04. The number of piperidine rings is 1. The maximum atomic E-state index is 14.5. The fourth-order valence-electron chi connectivity index (χ4n) is 5.70. The van der Waals surface area contributed by atoms with Crippen molar-refractivity contribution in [3.8, 4) is 17.1 Å². The molecule has 0 radical (unpaired) electrons. The highest BCUT2D eigenvalue weighted by Crippen LogP contribution is 2.40. The maximum Gasteiger partial charge on any atom is 0.419 e. The number of pyridine rings is 1. The minimum Gasteiger partial charge on any atom is -0.444 e. The van der Waals surface area contributed by atoms with Gasteiger partial charge in [-0.2, -0.15) is 13.2 Å². The molecule has 5 heterocycles. The molecule has 6 rings (SSSR count). The van der Waals surface area contributed by atoms with Crippen LogP contribution in [-0.2, 0) is 20.9 Å². The molecule has 1 aliphatic heterocycles. The van der Waals surface area contributed by atoms with Gasteiger partial charge in [0, 0.05) is 42.5 Å². The molecule has 0 aliphatic carbocycles. The third-order valence-corrected chi connectivity index (χ3v) is 9.54. The van der Waals surface area contributed by atoms with E-state index in [0.717, 1.165) is 10.2 Å². The Morgan fingerprint density at radius 1 is 1.00 bits per heavy atom. The number of nitrogens with one attached hydrogen (secondary N) is 1. The highest BCUT2D eigenvalue weighted by Gasteiger charge is 2.37. The van der Waals surface area contributed by atoms with Gasteiger partial charge < -0.3 is 15.0 Å². The van der Waals surface area contributed by atoms with Gasteiger partial charge in [-0.25, -0.2) is 32.1 Å². The molecule has 1 atom stereocenters. The number of carbonyl (C=O) groups is 1. The SMILES string of the molecule is Cc1nnc(C)n1-c1ccc2c(-c3nc(N[C@H]4CCCN(C(=O)OC(C)(C)C)C4)ncc3C(F)(F)F)cn(S(=O)(=O)c3ccccc3)c2n1. The molecule has 1 amide bonds. The summed E-state index contributed by atoms with van der Waals surface area (Å²) in [4.78, 5) is 27.0. The van der Waals surface area contributed by atoms with E-state index >= 15 is 0 Å². The standard InChI is InChI=1S/C32H34F3N9O4S/c1-19-40-41-20(2)44(19)26-14-13-23-24(18-43(28(23)38-26)49(46,47)22-11-7-6-8-12-22)27-25(32(33,34)35)16-36-29(39-27)37-21-10-9-15-42(17-21)30(45)48-31(3,4)5/h6-8,11-14,16,18,21H,9-10,15,17H2,1-5H3,(H,36,37,39)/t21-/m0/s1. The normalized spacial score (nSPS) is 15.8. The van der Waals surface area contributed by atoms with Crippen molar-refractivity contribution >= 4 is 33.1 Å². The molecule has 1 saturated heterocycles. The Hall–Kier alpha value is -5.06. The first-order valence-corrected chi connectivity index (χ1v) is 16.9. The number of rotatable bonds is 6. The number of aromatic nitrogens is 7. The summed E-state index contributed by atoms with van der Waals surface area (Å²) in [7, 11) is -4.34. The van der Waals surface area contributed by atoms with Crippen LogP contribution in [0.25, 0.3) is 28.1 Å². The summed E-state index contributed by atoms with van der Waals surface area (Å²) in [5, 5.41) is 11.3. The Balaban J connectivity index is 1.47. The second-order valence-electron chi connectivity index (χ2n) is 12.7. The van der Waals surface area contributed by atoms with Gasteiger partial charge in [0.2, 0.25) is 5.95 Å². The van der Waals surface area contributed by atoms with Crippen LogP contribution in [0.15, 0.2) is 59.8 Å². The van der Waals surface area contributed by atoms with Crippen molar-refractivity contribution in [3.05, 3.63) is 72.1 Å². The van der Waals surface area contributed by atoms with Crippen LogP contribution in [-0.4, -0.2) is 77.8 Å². The largest absolute Gasteiger partial charge is 0.444 e. The average molecular weight is 698 g/mol. The van der Waals surface area contributed by atoms with E-state index in [-0.39, 0.29) is 45.8 Å². The van der Waals surface area contributed by atoms with Gasteiger partial charge >= 0.3 is 12.3 Å². The molecule has 5 aromatic rings. The number of hydrogen-bond donors (Lipinski definition) is 1. The van der Waals surface area contributed by atoms with E-state index in [9.17, 15) is 26.4 Å². The van der Waals surface area contributed by atoms with Crippen molar-refractivity contribution in [2.24, 2.45) is 0 Å². The molecule has 1 aromatic carbocycles. The second kappa shape index (κ2) is 12.4. The lowest BCUT2D eigenvalue weighted by Gasteiger charge is -2.34. The number of halogens is 3. The lowest BCUT2D eigenvalue weighted by Crippen LogP contribution is -2.47. The average Bonchev–Trinajstić information content (AvgIpc) is 3.59. The predicted octanol–water partition coefficient (Wildman–Crippen LogP) is 5.76. The molecule has 1 fully saturated rings. The number of alkyl halides is 3. The van der Waals surface area contributed by atoms with Gasteiger partial charge in [-0.05, 0) is 71.7 Å². The number of aryl methyl sites for hydroxylation is 2. The number of ether oxygens (including phenoxy) is 1. The van der Waals surface area contributed by atoms with Crippen LogP contribution in [0.2, 0.25) is 0 Å². The Morgan fingerprint density at radius 3 is 2.35 bits per heavy atom. The molecule has 0 bridgehead atoms. The Morgan fingerprint density at radius 2 is 1.69 bits per heavy atom. The first-order valence-electron chi connectivity index (χ1n) is 15.4. The maximum absolute atomic E-state index is 14.5. The molecule has 1 N–H and O–H groups in total. The van der Waals surface area contributed by atoms with E-state index < -0.39 is 39.2 Å². The Bertz CT molecular complexity index is 2120. The summed E-state index contributed by atoms with van der Waals surface area (Å²) in [5.41, 5.74) is -2.64. The highest BCUT2D eigenvalue weighted by molar-refractivity contribution is 7.90. The van der Waals surface area contributed by atoms with E-state index in [1.54, 1.807) is 63.5 Å². The summed E-state index contributed by atoms with van der Waals surface area (Å²) in [6.45, 7) is 9.36. The third-order valence-electron chi connectivity index (χ3n) is 7.88. The van der Waals surface area contributed by atoms with Gasteiger partial charge in [-0.3, -0.25) is 4.57 Å². The molecule has 4 aromatic heterocycles. The van der Waals surface area contributed by atoms with Crippen LogP contribution >= 0.6 is 0 Å². The molecule has 49 heavy (non-hydrogen) atoms. The molecule has 258 valence electrons. The number of hydrogen-bond acceptors (Lipinski definition) is 10. The third kappa shape index (κ3) is 6.79. The summed E-state index contributed by atoms with van der Waals surface area (Å²) < 4.78 is 79.5. The van der Waals surface area contributed by atoms with Crippen molar-refractivity contribution < 1.29 is 31.1 Å². The van der Waals surface area contributed by atoms with E-state index in [4.69, 9.17) is 4.74 Å². The van der Waals surface area contributed by atoms with E-state index in [2.05, 4.69) is 30.5 Å². The van der Waals surface area contributed by atoms with Gasteiger partial charge in [0.25, 0.3) is 10.0 Å². The molecule has 13 nitrogen and oxygen atoms in total. The smallest absolute Gasteiger partial charge is 0.419 e. The highest BCUT2D eigenvalue weighted by atomic mass is 32.2. The van der Waals surface area contributed by atoms with Crippen LogP contribution in [0.5, 0.6) is 0 Å². The molecular weight excluding hydrogens is 663 g/mol. The van der Waals surface area contributed by atoms with Crippen LogP contribution in [0.3, 0.4) is 0 Å². The Labute approximate surface area is 280 Å². The molecule has 0 saturated carbocycles. The number of likely N-dealkylation sites (tertiary alicyclic amines) is 1. The molecule has 0 unspecified atom stereocenters. The number of anilines is 1. The van der Waals surface area contributed by atoms with Crippen LogP contribution in [0.1, 0.15) is 50.8 Å². The van der Waals surface area contributed by atoms with Gasteiger partial charge in [0.1, 0.15) is 28.6 Å². The summed E-state index contributed by atoms with van der Waals surface area (Å²) in [5.74, 6) is 1.11. The summed E-state index contributed by atoms with van der Waals surface area (Å²) in [6, 6.07) is 10.2. The zero-order chi connectivity index (χ0) is 35.3. The lowest BCUT2D eigenvalue weighted by atomic mass is 10.1. The number of benzene rings is 1. The van der Waals surface area contributed by atoms with Gasteiger partial charge in [-0.1, -0.05) is 18.2 Å². The molecule has 17 heteroatoms. The van der Waals surface area contributed by atoms with E-state index in [1.807, 2.05) is 0 Å². The lowest BCUT2D eigenvalue weighted by molar-refractivity contribution is -0.137. The fraction of sp³-hybridized carbons (Fsp3) is 0.375. The van der Waals surface area contributed by atoms with Crippen molar-refractivity contribution in [1.82, 2.24) is 38.6 Å². The van der Waals surface area contributed by atoms with Gasteiger partial charge in [0.05, 0.1) is 10.6 Å². The number of carbonyl (C=O) groups excluding carboxylic acids is 1. The molecule has 0 spiro atoms. The predicted molar refractivity (Wildman–Crippen MR) is 174 cm³/mol. The zero-order valence-corrected chi connectivity index (χ0v) is 28.2. The van der Waals surface area contributed by atoms with Crippen LogP contribution in [0.4, 0.5) is 23.9 Å². The number of amides is 1. The Kier molecular flexibility index (Phi) is 8.58. The van der Waals surface area contributed by atoms with Gasteiger partial charge in [0.15, 0.2) is 5.65 Å². The first-order chi connectivity index (χ1) is 23.0. The molecular formula is C32H34F3N9O4S. The molecule has 1 aliphatic rings. The zero-order valence-electron chi connectivity index (χ0n) is 27.4. The summed E-state index contributed by atoms with van der Waals surface area (Å²) in [6.07, 6.45) is -2.40. The number of fused-ring (bicyclic) bond motifs is 1. The number of nitrogens with zero attached hydrogens (tertiary/aromatic N) is 8. The minimum atomic E-state index is -4.89. The first kappa shape index (κ1) is 33.8. The summed E-state index contributed by atoms with van der Waals surface area (Å²) >= 11 is 0.